The van der Waals surface area contributed by atoms with Crippen molar-refractivity contribution in [2.75, 3.05) is 25.6 Å². The number of halogens is 1. The SMILES string of the molecule is CCOC(=O)C(=CNc1sc(Cl)cc1C(=O)OC)C(=O)OCC. The Morgan fingerprint density at radius 2 is 1.78 bits per heavy atom. The van der Waals surface area contributed by atoms with Crippen molar-refractivity contribution in [3.05, 3.63) is 27.7 Å². The Morgan fingerprint density at radius 1 is 1.22 bits per heavy atom. The maximum atomic E-state index is 11.8. The third-order valence-electron chi connectivity index (χ3n) is 2.45. The third-order valence-corrected chi connectivity index (χ3v) is 3.64. The first kappa shape index (κ1) is 19.0. The van der Waals surface area contributed by atoms with Crippen LogP contribution in [0.4, 0.5) is 5.00 Å². The van der Waals surface area contributed by atoms with Crippen molar-refractivity contribution in [2.24, 2.45) is 0 Å². The fourth-order valence-electron chi connectivity index (χ4n) is 1.49. The summed E-state index contributed by atoms with van der Waals surface area (Å²) in [7, 11) is 1.23. The van der Waals surface area contributed by atoms with Crippen LogP contribution in [0.2, 0.25) is 4.34 Å². The maximum absolute atomic E-state index is 11.8. The second-order valence-corrected chi connectivity index (χ2v) is 5.61. The molecule has 0 unspecified atom stereocenters. The highest BCUT2D eigenvalue weighted by atomic mass is 35.5. The number of rotatable bonds is 7. The summed E-state index contributed by atoms with van der Waals surface area (Å²) >= 11 is 6.93. The summed E-state index contributed by atoms with van der Waals surface area (Å²) in [6, 6.07) is 1.42. The van der Waals surface area contributed by atoms with Crippen LogP contribution in [0.1, 0.15) is 24.2 Å². The van der Waals surface area contributed by atoms with E-state index >= 15 is 0 Å². The second-order valence-electron chi connectivity index (χ2n) is 3.93. The van der Waals surface area contributed by atoms with E-state index in [0.717, 1.165) is 17.5 Å². The molecule has 7 nitrogen and oxygen atoms in total. The molecule has 1 aromatic rings. The first-order valence-corrected chi connectivity index (χ1v) is 7.82. The molecule has 0 aliphatic heterocycles. The van der Waals surface area contributed by atoms with Crippen LogP contribution in [0, 0.1) is 0 Å². The highest BCUT2D eigenvalue weighted by Gasteiger charge is 2.22. The van der Waals surface area contributed by atoms with E-state index in [-0.39, 0.29) is 24.4 Å². The summed E-state index contributed by atoms with van der Waals surface area (Å²) in [6.07, 6.45) is 1.12. The second kappa shape index (κ2) is 9.16. The number of ether oxygens (including phenoxy) is 3. The van der Waals surface area contributed by atoms with Crippen LogP contribution in [-0.2, 0) is 23.8 Å². The van der Waals surface area contributed by atoms with Crippen LogP contribution in [-0.4, -0.2) is 38.2 Å². The summed E-state index contributed by atoms with van der Waals surface area (Å²) in [6.45, 7) is 3.44. The van der Waals surface area contributed by atoms with Crippen molar-refractivity contribution in [3.8, 4) is 0 Å². The zero-order valence-electron chi connectivity index (χ0n) is 12.8. The third kappa shape index (κ3) is 5.26. The van der Waals surface area contributed by atoms with Crippen LogP contribution in [0.25, 0.3) is 0 Å². The first-order valence-electron chi connectivity index (χ1n) is 6.63. The number of hydrogen-bond donors (Lipinski definition) is 1. The van der Waals surface area contributed by atoms with Gasteiger partial charge in [-0.2, -0.15) is 0 Å². The predicted molar refractivity (Wildman–Crippen MR) is 85.6 cm³/mol. The molecule has 0 atom stereocenters. The molecule has 0 saturated heterocycles. The van der Waals surface area contributed by atoms with E-state index in [0.29, 0.717) is 9.34 Å². The first-order chi connectivity index (χ1) is 10.9. The largest absolute Gasteiger partial charge is 0.465 e. The zero-order chi connectivity index (χ0) is 17.4. The van der Waals surface area contributed by atoms with E-state index in [2.05, 4.69) is 10.1 Å². The van der Waals surface area contributed by atoms with Crippen molar-refractivity contribution in [1.82, 2.24) is 0 Å². The van der Waals surface area contributed by atoms with E-state index < -0.39 is 17.9 Å². The molecular weight excluding hydrogens is 346 g/mol. The Morgan fingerprint density at radius 3 is 2.26 bits per heavy atom. The minimum Gasteiger partial charge on any atom is -0.465 e. The Bertz CT molecular complexity index is 605. The van der Waals surface area contributed by atoms with Gasteiger partial charge in [0.05, 0.1) is 30.2 Å². The Labute approximate surface area is 142 Å². The number of hydrogen-bond acceptors (Lipinski definition) is 8. The number of esters is 3. The monoisotopic (exact) mass is 361 g/mol. The van der Waals surface area contributed by atoms with Gasteiger partial charge in [0.2, 0.25) is 0 Å². The Balaban J connectivity index is 3.07. The Hall–Kier alpha value is -2.06. The molecule has 126 valence electrons. The molecule has 1 aromatic heterocycles. The predicted octanol–water partition coefficient (Wildman–Crippen LogP) is 2.61. The lowest BCUT2D eigenvalue weighted by Crippen LogP contribution is -2.19. The summed E-state index contributed by atoms with van der Waals surface area (Å²) in [4.78, 5) is 35.3. The number of nitrogens with one attached hydrogen (secondary N) is 1. The summed E-state index contributed by atoms with van der Waals surface area (Å²) < 4.78 is 14.6. The molecule has 0 aliphatic carbocycles. The topological polar surface area (TPSA) is 90.9 Å². The summed E-state index contributed by atoms with van der Waals surface area (Å²) in [5.41, 5.74) is -0.139. The van der Waals surface area contributed by atoms with Crippen molar-refractivity contribution in [2.45, 2.75) is 13.8 Å². The van der Waals surface area contributed by atoms with Gasteiger partial charge in [-0.3, -0.25) is 0 Å². The number of anilines is 1. The molecule has 1 N–H and O–H groups in total. The van der Waals surface area contributed by atoms with E-state index in [1.807, 2.05) is 0 Å². The van der Waals surface area contributed by atoms with Crippen LogP contribution < -0.4 is 5.32 Å². The molecule has 23 heavy (non-hydrogen) atoms. The van der Waals surface area contributed by atoms with Crippen molar-refractivity contribution >= 4 is 45.8 Å². The van der Waals surface area contributed by atoms with Gasteiger partial charge < -0.3 is 19.5 Å². The van der Waals surface area contributed by atoms with Crippen LogP contribution in [0.15, 0.2) is 17.8 Å². The maximum Gasteiger partial charge on any atom is 0.347 e. The fourth-order valence-corrected chi connectivity index (χ4v) is 2.57. The standard InChI is InChI=1S/C14H16ClNO6S/c1-4-21-13(18)9(14(19)22-5-2)7-16-11-8(12(17)20-3)6-10(15)23-11/h6-7,16H,4-5H2,1-3H3. The molecule has 1 heterocycles. The molecule has 0 radical (unpaired) electrons. The zero-order valence-corrected chi connectivity index (χ0v) is 14.4. The van der Waals surface area contributed by atoms with E-state index in [4.69, 9.17) is 21.1 Å². The molecule has 9 heteroatoms. The van der Waals surface area contributed by atoms with Gasteiger partial charge in [-0.1, -0.05) is 11.6 Å². The number of methoxy groups -OCH3 is 1. The average molecular weight is 362 g/mol. The van der Waals surface area contributed by atoms with Crippen molar-refractivity contribution in [3.63, 3.8) is 0 Å². The van der Waals surface area contributed by atoms with Gasteiger partial charge in [0.15, 0.2) is 5.57 Å². The van der Waals surface area contributed by atoms with Gasteiger partial charge in [0.1, 0.15) is 5.00 Å². The number of carbonyl (C=O) groups is 3. The summed E-state index contributed by atoms with van der Waals surface area (Å²) in [5.74, 6) is -2.26. The normalized spacial score (nSPS) is 9.74. The molecule has 1 rings (SSSR count). The molecule has 0 spiro atoms. The molecule has 0 amide bonds. The minimum atomic E-state index is -0.833. The van der Waals surface area contributed by atoms with Crippen LogP contribution in [0.5, 0.6) is 0 Å². The van der Waals surface area contributed by atoms with Crippen molar-refractivity contribution in [1.29, 1.82) is 0 Å². The van der Waals surface area contributed by atoms with Gasteiger partial charge >= 0.3 is 17.9 Å². The van der Waals surface area contributed by atoms with Gasteiger partial charge in [0, 0.05) is 6.20 Å². The van der Waals surface area contributed by atoms with Gasteiger partial charge in [-0.25, -0.2) is 14.4 Å². The quantitative estimate of drug-likeness (QED) is 0.262. The van der Waals surface area contributed by atoms with Gasteiger partial charge in [-0.15, -0.1) is 11.3 Å². The highest BCUT2D eigenvalue weighted by molar-refractivity contribution is 7.20. The minimum absolute atomic E-state index is 0.105. The molecule has 0 saturated carbocycles. The van der Waals surface area contributed by atoms with Gasteiger partial charge in [-0.05, 0) is 19.9 Å². The fraction of sp³-hybridized carbons (Fsp3) is 0.357. The lowest BCUT2D eigenvalue weighted by Gasteiger charge is -2.07. The smallest absolute Gasteiger partial charge is 0.347 e. The molecule has 0 aliphatic rings. The molecule has 0 aromatic carbocycles. The van der Waals surface area contributed by atoms with E-state index in [1.165, 1.54) is 13.2 Å². The van der Waals surface area contributed by atoms with E-state index in [1.54, 1.807) is 13.8 Å². The van der Waals surface area contributed by atoms with Crippen LogP contribution >= 0.6 is 22.9 Å². The lowest BCUT2D eigenvalue weighted by atomic mass is 10.3. The number of carbonyl (C=O) groups excluding carboxylic acids is 3. The molecule has 0 bridgehead atoms. The molecular formula is C14H16ClNO6S. The highest BCUT2D eigenvalue weighted by Crippen LogP contribution is 2.32. The molecule has 0 fully saturated rings. The summed E-state index contributed by atoms with van der Waals surface area (Å²) in [5, 5.41) is 3.02. The van der Waals surface area contributed by atoms with Crippen LogP contribution in [0.3, 0.4) is 0 Å². The van der Waals surface area contributed by atoms with E-state index in [9.17, 15) is 14.4 Å². The number of thiophene rings is 1. The lowest BCUT2D eigenvalue weighted by molar-refractivity contribution is -0.146. The Kier molecular flexibility index (Phi) is 7.56. The average Bonchev–Trinajstić information content (AvgIpc) is 2.88. The van der Waals surface area contributed by atoms with Gasteiger partial charge in [0.25, 0.3) is 0 Å². The van der Waals surface area contributed by atoms with Crippen molar-refractivity contribution < 1.29 is 28.6 Å².